The summed E-state index contributed by atoms with van der Waals surface area (Å²) in [4.78, 5) is 29.4. The van der Waals surface area contributed by atoms with E-state index in [4.69, 9.17) is 16.3 Å². The van der Waals surface area contributed by atoms with Crippen LogP contribution in [0.5, 0.6) is 5.75 Å². The van der Waals surface area contributed by atoms with Crippen LogP contribution in [0.3, 0.4) is 0 Å². The molecule has 132 valence electrons. The van der Waals surface area contributed by atoms with Crippen LogP contribution in [-0.2, 0) is 9.59 Å². The fraction of sp³-hybridized carbons (Fsp3) is 0.529. The molecule has 1 saturated heterocycles. The van der Waals surface area contributed by atoms with E-state index in [2.05, 4.69) is 10.2 Å². The monoisotopic (exact) mass is 353 g/mol. The van der Waals surface area contributed by atoms with Gasteiger partial charge < -0.3 is 19.9 Å². The summed E-state index contributed by atoms with van der Waals surface area (Å²) in [5.74, 6) is -0.0586. The lowest BCUT2D eigenvalue weighted by Gasteiger charge is -2.36. The Hall–Kier alpha value is -1.79. The highest BCUT2D eigenvalue weighted by atomic mass is 35.5. The summed E-state index contributed by atoms with van der Waals surface area (Å²) >= 11 is 5.98. The maximum Gasteiger partial charge on any atom is 0.239 e. The molecule has 0 aromatic heterocycles. The molecular weight excluding hydrogens is 330 g/mol. The van der Waals surface area contributed by atoms with Crippen LogP contribution in [0.4, 0.5) is 5.69 Å². The van der Waals surface area contributed by atoms with Gasteiger partial charge in [-0.2, -0.15) is 0 Å². The molecule has 0 atom stereocenters. The van der Waals surface area contributed by atoms with Gasteiger partial charge in [0.2, 0.25) is 11.8 Å². The molecule has 1 aromatic carbocycles. The van der Waals surface area contributed by atoms with E-state index >= 15 is 0 Å². The summed E-state index contributed by atoms with van der Waals surface area (Å²) in [6, 6.07) is 4.96. The van der Waals surface area contributed by atoms with Crippen molar-refractivity contribution in [3.8, 4) is 5.75 Å². The summed E-state index contributed by atoms with van der Waals surface area (Å²) < 4.78 is 5.23. The first kappa shape index (κ1) is 18.5. The maximum atomic E-state index is 12.8. The van der Waals surface area contributed by atoms with Crippen LogP contribution >= 0.6 is 11.6 Å². The Kier molecular flexibility index (Phi) is 5.72. The van der Waals surface area contributed by atoms with E-state index in [1.807, 2.05) is 7.05 Å². The van der Waals surface area contributed by atoms with Crippen molar-refractivity contribution in [2.45, 2.75) is 13.8 Å². The van der Waals surface area contributed by atoms with Crippen molar-refractivity contribution < 1.29 is 14.3 Å². The van der Waals surface area contributed by atoms with Crippen LogP contribution in [0.2, 0.25) is 5.02 Å². The number of nitrogens with zero attached hydrogens (tertiary/aromatic N) is 2. The topological polar surface area (TPSA) is 61.9 Å². The third kappa shape index (κ3) is 3.99. The van der Waals surface area contributed by atoms with Crippen LogP contribution in [0.15, 0.2) is 18.2 Å². The lowest BCUT2D eigenvalue weighted by Crippen LogP contribution is -2.53. The van der Waals surface area contributed by atoms with E-state index in [0.29, 0.717) is 29.5 Å². The van der Waals surface area contributed by atoms with Gasteiger partial charge in [0.1, 0.15) is 11.2 Å². The SMILES string of the molecule is COc1ccc(Cl)cc1NC(=O)C(C)(C)C(=O)N1CCN(C)CC1. The van der Waals surface area contributed by atoms with Gasteiger partial charge in [-0.1, -0.05) is 11.6 Å². The van der Waals surface area contributed by atoms with Gasteiger partial charge in [-0.15, -0.1) is 0 Å². The van der Waals surface area contributed by atoms with Gasteiger partial charge >= 0.3 is 0 Å². The molecule has 0 saturated carbocycles. The zero-order valence-corrected chi connectivity index (χ0v) is 15.3. The van der Waals surface area contributed by atoms with E-state index in [0.717, 1.165) is 13.1 Å². The molecule has 1 aromatic rings. The van der Waals surface area contributed by atoms with Crippen molar-refractivity contribution in [1.29, 1.82) is 0 Å². The van der Waals surface area contributed by atoms with Gasteiger partial charge in [0.05, 0.1) is 12.8 Å². The molecule has 1 fully saturated rings. The van der Waals surface area contributed by atoms with Crippen molar-refractivity contribution >= 4 is 29.1 Å². The van der Waals surface area contributed by atoms with E-state index in [1.54, 1.807) is 36.9 Å². The molecule has 2 rings (SSSR count). The number of benzene rings is 1. The number of carbonyl (C=O) groups excluding carboxylic acids is 2. The number of ether oxygens (including phenoxy) is 1. The van der Waals surface area contributed by atoms with E-state index in [9.17, 15) is 9.59 Å². The molecule has 0 aliphatic carbocycles. The number of amides is 2. The van der Waals surface area contributed by atoms with Gasteiger partial charge in [-0.25, -0.2) is 0 Å². The van der Waals surface area contributed by atoms with Crippen LogP contribution in [0.25, 0.3) is 0 Å². The Labute approximate surface area is 147 Å². The fourth-order valence-electron chi connectivity index (χ4n) is 2.56. The van der Waals surface area contributed by atoms with E-state index in [-0.39, 0.29) is 11.8 Å². The zero-order chi connectivity index (χ0) is 17.9. The standard InChI is InChI=1S/C17H24ClN3O3/c1-17(2,16(23)21-9-7-20(3)8-10-21)15(22)19-13-11-12(18)5-6-14(13)24-4/h5-6,11H,7-10H2,1-4H3,(H,19,22). The second-order valence-corrected chi connectivity index (χ2v) is 6.96. The van der Waals surface area contributed by atoms with Crippen LogP contribution in [0, 0.1) is 5.41 Å². The van der Waals surface area contributed by atoms with Crippen molar-refractivity contribution in [2.24, 2.45) is 5.41 Å². The second kappa shape index (κ2) is 7.40. The smallest absolute Gasteiger partial charge is 0.239 e. The van der Waals surface area contributed by atoms with Crippen molar-refractivity contribution in [1.82, 2.24) is 9.80 Å². The number of piperazine rings is 1. The van der Waals surface area contributed by atoms with Crippen LogP contribution in [-0.4, -0.2) is 62.0 Å². The minimum atomic E-state index is -1.18. The quantitative estimate of drug-likeness (QED) is 0.842. The number of carbonyl (C=O) groups is 2. The highest BCUT2D eigenvalue weighted by molar-refractivity contribution is 6.31. The third-order valence-electron chi connectivity index (χ3n) is 4.30. The molecule has 1 aliphatic rings. The van der Waals surface area contributed by atoms with Crippen molar-refractivity contribution in [2.75, 3.05) is 45.7 Å². The van der Waals surface area contributed by atoms with Crippen LogP contribution in [0.1, 0.15) is 13.8 Å². The minimum absolute atomic E-state index is 0.172. The summed E-state index contributed by atoms with van der Waals surface area (Å²) in [5.41, 5.74) is -0.724. The van der Waals surface area contributed by atoms with Gasteiger partial charge in [0.15, 0.2) is 0 Å². The molecule has 0 unspecified atom stereocenters. The number of hydrogen-bond acceptors (Lipinski definition) is 4. The number of methoxy groups -OCH3 is 1. The lowest BCUT2D eigenvalue weighted by atomic mass is 9.89. The number of hydrogen-bond donors (Lipinski definition) is 1. The Balaban J connectivity index is 2.12. The average Bonchev–Trinajstić information content (AvgIpc) is 2.55. The van der Waals surface area contributed by atoms with E-state index in [1.165, 1.54) is 7.11 Å². The molecule has 1 aliphatic heterocycles. The first-order valence-electron chi connectivity index (χ1n) is 7.88. The summed E-state index contributed by atoms with van der Waals surface area (Å²) in [7, 11) is 3.53. The molecular formula is C17H24ClN3O3. The number of nitrogens with one attached hydrogen (secondary N) is 1. The Bertz CT molecular complexity index is 626. The summed E-state index contributed by atoms with van der Waals surface area (Å²) in [5, 5.41) is 3.25. The molecule has 1 heterocycles. The number of rotatable bonds is 4. The number of likely N-dealkylation sites (N-methyl/N-ethyl adjacent to an activating group) is 1. The van der Waals surface area contributed by atoms with E-state index < -0.39 is 5.41 Å². The minimum Gasteiger partial charge on any atom is -0.495 e. The average molecular weight is 354 g/mol. The highest BCUT2D eigenvalue weighted by Gasteiger charge is 2.40. The molecule has 7 heteroatoms. The third-order valence-corrected chi connectivity index (χ3v) is 4.54. The highest BCUT2D eigenvalue weighted by Crippen LogP contribution is 2.30. The predicted molar refractivity (Wildman–Crippen MR) is 94.5 cm³/mol. The zero-order valence-electron chi connectivity index (χ0n) is 14.6. The fourth-order valence-corrected chi connectivity index (χ4v) is 2.73. The first-order chi connectivity index (χ1) is 11.3. The van der Waals surface area contributed by atoms with Gasteiger partial charge in [-0.05, 0) is 39.1 Å². The van der Waals surface area contributed by atoms with Gasteiger partial charge in [0.25, 0.3) is 0 Å². The number of halogens is 1. The lowest BCUT2D eigenvalue weighted by molar-refractivity contribution is -0.147. The van der Waals surface area contributed by atoms with Crippen molar-refractivity contribution in [3.05, 3.63) is 23.2 Å². The first-order valence-corrected chi connectivity index (χ1v) is 8.26. The molecule has 6 nitrogen and oxygen atoms in total. The molecule has 24 heavy (non-hydrogen) atoms. The van der Waals surface area contributed by atoms with Crippen molar-refractivity contribution in [3.63, 3.8) is 0 Å². The normalized spacial score (nSPS) is 16.0. The molecule has 2 amide bonds. The second-order valence-electron chi connectivity index (χ2n) is 6.52. The molecule has 0 bridgehead atoms. The van der Waals surface area contributed by atoms with Crippen LogP contribution < -0.4 is 10.1 Å². The summed E-state index contributed by atoms with van der Waals surface area (Å²) in [6.07, 6.45) is 0. The summed E-state index contributed by atoms with van der Waals surface area (Å²) in [6.45, 7) is 6.16. The van der Waals surface area contributed by atoms with Gasteiger partial charge in [0, 0.05) is 31.2 Å². The Morgan fingerprint density at radius 3 is 2.42 bits per heavy atom. The number of anilines is 1. The Morgan fingerprint density at radius 2 is 1.83 bits per heavy atom. The largest absolute Gasteiger partial charge is 0.495 e. The molecule has 1 N–H and O–H groups in total. The van der Waals surface area contributed by atoms with Gasteiger partial charge in [-0.3, -0.25) is 9.59 Å². The molecule has 0 spiro atoms. The Morgan fingerprint density at radius 1 is 1.21 bits per heavy atom. The maximum absolute atomic E-state index is 12.8. The predicted octanol–water partition coefficient (Wildman–Crippen LogP) is 2.09. The molecule has 0 radical (unpaired) electrons.